The van der Waals surface area contributed by atoms with Gasteiger partial charge in [0.25, 0.3) is 0 Å². The van der Waals surface area contributed by atoms with Gasteiger partial charge in [0.15, 0.2) is 5.16 Å². The molecule has 0 bridgehead atoms. The third-order valence-corrected chi connectivity index (χ3v) is 4.75. The number of carbonyl (C=O) groups is 1. The average Bonchev–Trinajstić information content (AvgIpc) is 2.49. The molecule has 1 aromatic carbocycles. The average molecular weight is 330 g/mol. The number of benzene rings is 1. The highest BCUT2D eigenvalue weighted by Gasteiger charge is 2.31. The number of piperidine rings is 1. The quantitative estimate of drug-likeness (QED) is 0.879. The number of nitrogens with zero attached hydrogens (tertiary/aromatic N) is 4. The van der Waals surface area contributed by atoms with Gasteiger partial charge in [-0.25, -0.2) is 0 Å². The maximum Gasteiger partial charge on any atom is 0.240 e. The molecule has 0 spiro atoms. The first-order chi connectivity index (χ1) is 11.0. The van der Waals surface area contributed by atoms with Gasteiger partial charge >= 0.3 is 0 Å². The molecule has 120 valence electrons. The lowest BCUT2D eigenvalue weighted by molar-refractivity contribution is -0.119. The van der Waals surface area contributed by atoms with Crippen LogP contribution in [0.1, 0.15) is 18.4 Å². The topological polar surface area (TPSA) is 111 Å². The maximum atomic E-state index is 12.8. The number of rotatable bonds is 3. The molecule has 0 aliphatic carbocycles. The van der Waals surface area contributed by atoms with Gasteiger partial charge in [0.1, 0.15) is 0 Å². The van der Waals surface area contributed by atoms with Crippen LogP contribution in [-0.2, 0) is 4.79 Å². The number of nitrogens with two attached hydrogens (primary N) is 2. The van der Waals surface area contributed by atoms with Gasteiger partial charge in [0, 0.05) is 12.2 Å². The zero-order valence-corrected chi connectivity index (χ0v) is 13.6. The fraction of sp³-hybridized carbons (Fsp3) is 0.333. The predicted octanol–water partition coefficient (Wildman–Crippen LogP) is 1.63. The van der Waals surface area contributed by atoms with E-state index in [1.165, 1.54) is 17.3 Å². The number of hydrogen-bond donors (Lipinski definition) is 2. The van der Waals surface area contributed by atoms with Gasteiger partial charge in [0.05, 0.1) is 5.25 Å². The minimum Gasteiger partial charge on any atom is -0.368 e. The monoisotopic (exact) mass is 330 g/mol. The number of thioether (sulfide) groups is 1. The number of anilines is 3. The number of amides is 1. The molecule has 1 aliphatic rings. The SMILES string of the molecule is Cc1ccc(N2CCC[C@@H](Sc3nc(N)nc(N)n3)C2=O)cc1. The molecule has 1 saturated heterocycles. The zero-order valence-electron chi connectivity index (χ0n) is 12.8. The molecule has 1 aliphatic heterocycles. The summed E-state index contributed by atoms with van der Waals surface area (Å²) in [5.41, 5.74) is 13.2. The lowest BCUT2D eigenvalue weighted by atomic mass is 10.1. The molecule has 7 nitrogen and oxygen atoms in total. The van der Waals surface area contributed by atoms with Crippen molar-refractivity contribution in [2.24, 2.45) is 0 Å². The predicted molar refractivity (Wildman–Crippen MR) is 91.1 cm³/mol. The minimum absolute atomic E-state index is 0.0580. The molecule has 4 N–H and O–H groups in total. The van der Waals surface area contributed by atoms with E-state index in [1.54, 1.807) is 0 Å². The van der Waals surface area contributed by atoms with Gasteiger partial charge in [-0.05, 0) is 31.9 Å². The van der Waals surface area contributed by atoms with E-state index in [0.29, 0.717) is 5.16 Å². The fourth-order valence-corrected chi connectivity index (χ4v) is 3.56. The van der Waals surface area contributed by atoms with Crippen molar-refractivity contribution in [3.63, 3.8) is 0 Å². The van der Waals surface area contributed by atoms with E-state index in [4.69, 9.17) is 11.5 Å². The molecule has 2 aromatic rings. The number of carbonyl (C=O) groups excluding carboxylic acids is 1. The summed E-state index contributed by atoms with van der Waals surface area (Å²) in [6, 6.07) is 7.96. The van der Waals surface area contributed by atoms with Crippen LogP contribution in [0.25, 0.3) is 0 Å². The summed E-state index contributed by atoms with van der Waals surface area (Å²) in [4.78, 5) is 26.4. The molecule has 23 heavy (non-hydrogen) atoms. The van der Waals surface area contributed by atoms with Gasteiger partial charge < -0.3 is 16.4 Å². The molecule has 1 aromatic heterocycles. The fourth-order valence-electron chi connectivity index (χ4n) is 2.50. The molecule has 0 unspecified atom stereocenters. The van der Waals surface area contributed by atoms with Crippen molar-refractivity contribution in [2.45, 2.75) is 30.2 Å². The molecule has 3 rings (SSSR count). The highest BCUT2D eigenvalue weighted by atomic mass is 32.2. The second kappa shape index (κ2) is 6.41. The van der Waals surface area contributed by atoms with E-state index >= 15 is 0 Å². The molecule has 1 atom stereocenters. The van der Waals surface area contributed by atoms with E-state index in [1.807, 2.05) is 36.1 Å². The first-order valence-corrected chi connectivity index (χ1v) is 8.22. The maximum absolute atomic E-state index is 12.8. The van der Waals surface area contributed by atoms with Gasteiger partial charge in [-0.3, -0.25) is 4.79 Å². The van der Waals surface area contributed by atoms with Crippen LogP contribution in [0.4, 0.5) is 17.6 Å². The summed E-state index contributed by atoms with van der Waals surface area (Å²) in [6.07, 6.45) is 1.70. The molecule has 1 amide bonds. The number of aryl methyl sites for hydroxylation is 1. The van der Waals surface area contributed by atoms with Crippen LogP contribution in [0.2, 0.25) is 0 Å². The zero-order chi connectivity index (χ0) is 16.4. The van der Waals surface area contributed by atoms with Crippen LogP contribution in [0, 0.1) is 6.92 Å². The Morgan fingerprint density at radius 3 is 2.43 bits per heavy atom. The lowest BCUT2D eigenvalue weighted by Gasteiger charge is -2.31. The van der Waals surface area contributed by atoms with Crippen molar-refractivity contribution >= 4 is 35.3 Å². The first kappa shape index (κ1) is 15.5. The number of hydrogen-bond acceptors (Lipinski definition) is 7. The lowest BCUT2D eigenvalue weighted by Crippen LogP contribution is -2.43. The second-order valence-electron chi connectivity index (χ2n) is 5.41. The van der Waals surface area contributed by atoms with Crippen LogP contribution in [-0.4, -0.2) is 32.7 Å². The van der Waals surface area contributed by atoms with E-state index in [2.05, 4.69) is 15.0 Å². The van der Waals surface area contributed by atoms with E-state index in [0.717, 1.165) is 25.1 Å². The summed E-state index contributed by atoms with van der Waals surface area (Å²) < 4.78 is 0. The Morgan fingerprint density at radius 2 is 1.78 bits per heavy atom. The van der Waals surface area contributed by atoms with Crippen molar-refractivity contribution in [2.75, 3.05) is 22.9 Å². The molecule has 8 heteroatoms. The van der Waals surface area contributed by atoms with E-state index in [9.17, 15) is 4.79 Å². The van der Waals surface area contributed by atoms with Crippen molar-refractivity contribution in [1.29, 1.82) is 0 Å². The van der Waals surface area contributed by atoms with Gasteiger partial charge in [-0.15, -0.1) is 0 Å². The minimum atomic E-state index is -0.244. The first-order valence-electron chi connectivity index (χ1n) is 7.34. The Kier molecular flexibility index (Phi) is 4.33. The summed E-state index contributed by atoms with van der Waals surface area (Å²) in [5, 5.41) is 0.144. The van der Waals surface area contributed by atoms with Gasteiger partial charge in [0.2, 0.25) is 17.8 Å². The Labute approximate surface area is 138 Å². The largest absolute Gasteiger partial charge is 0.368 e. The van der Waals surface area contributed by atoms with Gasteiger partial charge in [-0.1, -0.05) is 29.5 Å². The smallest absolute Gasteiger partial charge is 0.240 e. The number of nitrogen functional groups attached to an aromatic ring is 2. The van der Waals surface area contributed by atoms with E-state index < -0.39 is 0 Å². The normalized spacial score (nSPS) is 18.2. The van der Waals surface area contributed by atoms with Crippen LogP contribution < -0.4 is 16.4 Å². The van der Waals surface area contributed by atoms with Crippen molar-refractivity contribution in [3.8, 4) is 0 Å². The van der Waals surface area contributed by atoms with Crippen molar-refractivity contribution < 1.29 is 4.79 Å². The third kappa shape index (κ3) is 3.53. The van der Waals surface area contributed by atoms with Crippen LogP contribution >= 0.6 is 11.8 Å². The van der Waals surface area contributed by atoms with Crippen molar-refractivity contribution in [3.05, 3.63) is 29.8 Å². The summed E-state index contributed by atoms with van der Waals surface area (Å²) in [5.74, 6) is 0.194. The summed E-state index contributed by atoms with van der Waals surface area (Å²) in [6.45, 7) is 2.75. The highest BCUT2D eigenvalue weighted by Crippen LogP contribution is 2.31. The molecular formula is C15H18N6OS. The summed E-state index contributed by atoms with van der Waals surface area (Å²) in [7, 11) is 0. The second-order valence-corrected chi connectivity index (χ2v) is 6.58. The molecule has 1 fully saturated rings. The summed E-state index contributed by atoms with van der Waals surface area (Å²) >= 11 is 1.29. The van der Waals surface area contributed by atoms with Crippen molar-refractivity contribution in [1.82, 2.24) is 15.0 Å². The van der Waals surface area contributed by atoms with Gasteiger partial charge in [-0.2, -0.15) is 15.0 Å². The van der Waals surface area contributed by atoms with Crippen LogP contribution in [0.3, 0.4) is 0 Å². The van der Waals surface area contributed by atoms with Crippen LogP contribution in [0.5, 0.6) is 0 Å². The molecule has 2 heterocycles. The molecule has 0 saturated carbocycles. The standard InChI is InChI=1S/C15H18N6OS/c1-9-4-6-10(7-5-9)21-8-2-3-11(12(21)22)23-15-19-13(16)18-14(17)20-15/h4-7,11H,2-3,8H2,1H3,(H4,16,17,18,19,20)/t11-/m1/s1. The van der Waals surface area contributed by atoms with E-state index in [-0.39, 0.29) is 23.1 Å². The van der Waals surface area contributed by atoms with Crippen LogP contribution in [0.15, 0.2) is 29.4 Å². The third-order valence-electron chi connectivity index (χ3n) is 3.63. The Hall–Kier alpha value is -2.35. The highest BCUT2D eigenvalue weighted by molar-refractivity contribution is 8.00. The Morgan fingerprint density at radius 1 is 1.13 bits per heavy atom. The molecular weight excluding hydrogens is 312 g/mol. The Bertz CT molecular complexity index is 700. The molecule has 0 radical (unpaired) electrons. The Balaban J connectivity index is 1.78. The number of aromatic nitrogens is 3.